The van der Waals surface area contributed by atoms with Gasteiger partial charge in [0.15, 0.2) is 0 Å². The lowest BCUT2D eigenvalue weighted by Gasteiger charge is -2.22. The maximum absolute atomic E-state index is 9.10. The SMILES string of the molecule is CC(O)CC1CCSCC1. The van der Waals surface area contributed by atoms with Gasteiger partial charge in [-0.3, -0.25) is 0 Å². The summed E-state index contributed by atoms with van der Waals surface area (Å²) in [4.78, 5) is 0. The summed E-state index contributed by atoms with van der Waals surface area (Å²) in [5.74, 6) is 3.41. The van der Waals surface area contributed by atoms with E-state index >= 15 is 0 Å². The summed E-state index contributed by atoms with van der Waals surface area (Å²) in [5, 5.41) is 9.10. The van der Waals surface area contributed by atoms with Crippen LogP contribution in [0.4, 0.5) is 0 Å². The van der Waals surface area contributed by atoms with E-state index in [1.807, 2.05) is 18.7 Å². The molecule has 10 heavy (non-hydrogen) atoms. The molecule has 1 aliphatic heterocycles. The van der Waals surface area contributed by atoms with Crippen molar-refractivity contribution in [2.45, 2.75) is 32.3 Å². The van der Waals surface area contributed by atoms with Gasteiger partial charge in [0.25, 0.3) is 0 Å². The largest absolute Gasteiger partial charge is 0.393 e. The number of hydrogen-bond donors (Lipinski definition) is 1. The third kappa shape index (κ3) is 2.93. The minimum absolute atomic E-state index is 0.0897. The van der Waals surface area contributed by atoms with Crippen molar-refractivity contribution >= 4 is 11.8 Å². The molecular formula is C8H16OS. The van der Waals surface area contributed by atoms with Crippen LogP contribution >= 0.6 is 11.8 Å². The normalized spacial score (nSPS) is 24.6. The second-order valence-corrected chi connectivity index (χ2v) is 4.37. The highest BCUT2D eigenvalue weighted by Crippen LogP contribution is 2.25. The Morgan fingerprint density at radius 2 is 2.10 bits per heavy atom. The summed E-state index contributed by atoms with van der Waals surface area (Å²) in [6.07, 6.45) is 3.55. The van der Waals surface area contributed by atoms with Crippen molar-refractivity contribution in [1.82, 2.24) is 0 Å². The molecular weight excluding hydrogens is 144 g/mol. The van der Waals surface area contributed by atoms with Crippen LogP contribution in [0.5, 0.6) is 0 Å². The average Bonchev–Trinajstić information content (AvgIpc) is 1.88. The van der Waals surface area contributed by atoms with Gasteiger partial charge in [-0.1, -0.05) is 0 Å². The Morgan fingerprint density at radius 3 is 2.60 bits per heavy atom. The van der Waals surface area contributed by atoms with Gasteiger partial charge < -0.3 is 5.11 Å². The summed E-state index contributed by atoms with van der Waals surface area (Å²) < 4.78 is 0. The maximum Gasteiger partial charge on any atom is 0.0514 e. The topological polar surface area (TPSA) is 20.2 Å². The minimum Gasteiger partial charge on any atom is -0.393 e. The lowest BCUT2D eigenvalue weighted by molar-refractivity contribution is 0.157. The van der Waals surface area contributed by atoms with E-state index in [9.17, 15) is 0 Å². The lowest BCUT2D eigenvalue weighted by atomic mass is 9.96. The number of rotatable bonds is 2. The van der Waals surface area contributed by atoms with Gasteiger partial charge in [-0.2, -0.15) is 11.8 Å². The molecule has 0 aromatic carbocycles. The van der Waals surface area contributed by atoms with Crippen molar-refractivity contribution < 1.29 is 5.11 Å². The average molecular weight is 160 g/mol. The Morgan fingerprint density at radius 1 is 1.50 bits per heavy atom. The van der Waals surface area contributed by atoms with Crippen molar-refractivity contribution in [2.24, 2.45) is 5.92 Å². The molecule has 0 radical (unpaired) electrons. The van der Waals surface area contributed by atoms with E-state index in [2.05, 4.69) is 0 Å². The summed E-state index contributed by atoms with van der Waals surface area (Å²) in [6, 6.07) is 0. The predicted molar refractivity (Wildman–Crippen MR) is 46.3 cm³/mol. The molecule has 0 aromatic heterocycles. The highest BCUT2D eigenvalue weighted by Gasteiger charge is 2.14. The molecule has 0 saturated carbocycles. The summed E-state index contributed by atoms with van der Waals surface area (Å²) >= 11 is 2.04. The molecule has 0 aromatic rings. The molecule has 1 atom stereocenters. The Bertz CT molecular complexity index is 87.3. The molecule has 2 heteroatoms. The van der Waals surface area contributed by atoms with Gasteiger partial charge in [0.2, 0.25) is 0 Å². The highest BCUT2D eigenvalue weighted by atomic mass is 32.2. The van der Waals surface area contributed by atoms with Crippen LogP contribution in [0.1, 0.15) is 26.2 Å². The molecule has 0 amide bonds. The van der Waals surface area contributed by atoms with Crippen LogP contribution in [-0.4, -0.2) is 22.7 Å². The first-order chi connectivity index (χ1) is 4.79. The van der Waals surface area contributed by atoms with E-state index < -0.39 is 0 Å². The van der Waals surface area contributed by atoms with Crippen molar-refractivity contribution in [3.8, 4) is 0 Å². The quantitative estimate of drug-likeness (QED) is 0.666. The smallest absolute Gasteiger partial charge is 0.0514 e. The Hall–Kier alpha value is 0.310. The fourth-order valence-corrected chi connectivity index (χ4v) is 2.67. The van der Waals surface area contributed by atoms with E-state index in [0.717, 1.165) is 12.3 Å². The molecule has 1 saturated heterocycles. The molecule has 1 fully saturated rings. The van der Waals surface area contributed by atoms with Crippen LogP contribution in [0.2, 0.25) is 0 Å². The Balaban J connectivity index is 2.13. The number of aliphatic hydroxyl groups excluding tert-OH is 1. The molecule has 1 rings (SSSR count). The van der Waals surface area contributed by atoms with Crippen molar-refractivity contribution in [1.29, 1.82) is 0 Å². The van der Waals surface area contributed by atoms with Crippen molar-refractivity contribution in [2.75, 3.05) is 11.5 Å². The van der Waals surface area contributed by atoms with Gasteiger partial charge in [0.1, 0.15) is 0 Å². The Labute approximate surface area is 67.2 Å². The zero-order valence-electron chi connectivity index (χ0n) is 6.55. The monoisotopic (exact) mass is 160 g/mol. The lowest BCUT2D eigenvalue weighted by Crippen LogP contribution is -2.15. The summed E-state index contributed by atoms with van der Waals surface area (Å²) in [7, 11) is 0. The van der Waals surface area contributed by atoms with Crippen LogP contribution in [0.15, 0.2) is 0 Å². The third-order valence-electron chi connectivity index (χ3n) is 2.02. The zero-order chi connectivity index (χ0) is 7.40. The van der Waals surface area contributed by atoms with Crippen LogP contribution in [0.3, 0.4) is 0 Å². The Kier molecular flexibility index (Phi) is 3.57. The van der Waals surface area contributed by atoms with Gasteiger partial charge in [-0.25, -0.2) is 0 Å². The molecule has 1 heterocycles. The fraction of sp³-hybridized carbons (Fsp3) is 1.00. The molecule has 0 aliphatic carbocycles. The highest BCUT2D eigenvalue weighted by molar-refractivity contribution is 7.99. The molecule has 1 aliphatic rings. The van der Waals surface area contributed by atoms with Crippen LogP contribution in [0, 0.1) is 5.92 Å². The van der Waals surface area contributed by atoms with Crippen LogP contribution in [-0.2, 0) is 0 Å². The first-order valence-electron chi connectivity index (χ1n) is 4.05. The molecule has 1 unspecified atom stereocenters. The number of aliphatic hydroxyl groups is 1. The van der Waals surface area contributed by atoms with Crippen molar-refractivity contribution in [3.05, 3.63) is 0 Å². The summed E-state index contributed by atoms with van der Waals surface area (Å²) in [6.45, 7) is 1.89. The van der Waals surface area contributed by atoms with Gasteiger partial charge in [-0.15, -0.1) is 0 Å². The van der Waals surface area contributed by atoms with E-state index in [1.54, 1.807) is 0 Å². The summed E-state index contributed by atoms with van der Waals surface area (Å²) in [5.41, 5.74) is 0. The first kappa shape index (κ1) is 8.41. The van der Waals surface area contributed by atoms with Gasteiger partial charge in [0, 0.05) is 0 Å². The van der Waals surface area contributed by atoms with E-state index in [-0.39, 0.29) is 6.10 Å². The molecule has 1 nitrogen and oxygen atoms in total. The van der Waals surface area contributed by atoms with Crippen molar-refractivity contribution in [3.63, 3.8) is 0 Å². The van der Waals surface area contributed by atoms with Crippen LogP contribution < -0.4 is 0 Å². The standard InChI is InChI=1S/C8H16OS/c1-7(9)6-8-2-4-10-5-3-8/h7-9H,2-6H2,1H3. The first-order valence-corrected chi connectivity index (χ1v) is 5.20. The van der Waals surface area contributed by atoms with E-state index in [1.165, 1.54) is 24.3 Å². The van der Waals surface area contributed by atoms with Gasteiger partial charge >= 0.3 is 0 Å². The van der Waals surface area contributed by atoms with Gasteiger partial charge in [-0.05, 0) is 43.6 Å². The number of thioether (sulfide) groups is 1. The van der Waals surface area contributed by atoms with E-state index in [4.69, 9.17) is 5.11 Å². The molecule has 1 N–H and O–H groups in total. The van der Waals surface area contributed by atoms with E-state index in [0.29, 0.717) is 0 Å². The minimum atomic E-state index is -0.0897. The second kappa shape index (κ2) is 4.24. The predicted octanol–water partition coefficient (Wildman–Crippen LogP) is 1.90. The van der Waals surface area contributed by atoms with Gasteiger partial charge in [0.05, 0.1) is 6.10 Å². The molecule has 60 valence electrons. The fourth-order valence-electron chi connectivity index (χ4n) is 1.46. The maximum atomic E-state index is 9.10. The molecule has 0 bridgehead atoms. The number of hydrogen-bond acceptors (Lipinski definition) is 2. The van der Waals surface area contributed by atoms with Crippen LogP contribution in [0.25, 0.3) is 0 Å². The second-order valence-electron chi connectivity index (χ2n) is 3.14. The zero-order valence-corrected chi connectivity index (χ0v) is 7.36. The third-order valence-corrected chi connectivity index (χ3v) is 3.06. The molecule has 0 spiro atoms.